The predicted molar refractivity (Wildman–Crippen MR) is 81.5 cm³/mol. The molecular weight excluding hydrogens is 290 g/mol. The van der Waals surface area contributed by atoms with Crippen molar-refractivity contribution in [2.45, 2.75) is 13.5 Å². The number of nitro benzene ring substituents is 1. The summed E-state index contributed by atoms with van der Waals surface area (Å²) in [5.74, 6) is 0. The number of hydrogen-bond acceptors (Lipinski definition) is 6. The van der Waals surface area contributed by atoms with Crippen LogP contribution < -0.4 is 5.32 Å². The number of aromatic nitrogens is 3. The lowest BCUT2D eigenvalue weighted by atomic mass is 10.2. The third-order valence-electron chi connectivity index (χ3n) is 3.05. The van der Waals surface area contributed by atoms with Crippen LogP contribution in [0.15, 0.2) is 24.5 Å². The second-order valence-corrected chi connectivity index (χ2v) is 5.94. The van der Waals surface area contributed by atoms with Gasteiger partial charge >= 0.3 is 0 Å². The standard InChI is InChI=1S/C13H13N5O2S/c1-8-16-11-3-10(12(18(19)20)4-13(11)21-8)14-5-9-6-15-17(2)7-9/h3-4,6-7,14H,5H2,1-2H3. The van der Waals surface area contributed by atoms with E-state index in [1.165, 1.54) is 11.3 Å². The Labute approximate surface area is 124 Å². The average molecular weight is 303 g/mol. The number of thiazole rings is 1. The van der Waals surface area contributed by atoms with Crippen molar-refractivity contribution in [3.63, 3.8) is 0 Å². The lowest BCUT2D eigenvalue weighted by molar-refractivity contribution is -0.383. The molecule has 0 saturated carbocycles. The van der Waals surface area contributed by atoms with Crippen LogP contribution in [0.5, 0.6) is 0 Å². The van der Waals surface area contributed by atoms with Crippen molar-refractivity contribution >= 4 is 32.9 Å². The first kappa shape index (κ1) is 13.5. The van der Waals surface area contributed by atoms with E-state index in [9.17, 15) is 10.1 Å². The van der Waals surface area contributed by atoms with Gasteiger partial charge in [0.15, 0.2) is 0 Å². The molecule has 1 N–H and O–H groups in total. The summed E-state index contributed by atoms with van der Waals surface area (Å²) >= 11 is 1.45. The number of anilines is 1. The third-order valence-corrected chi connectivity index (χ3v) is 3.98. The van der Waals surface area contributed by atoms with E-state index >= 15 is 0 Å². The first-order valence-electron chi connectivity index (χ1n) is 6.30. The van der Waals surface area contributed by atoms with E-state index in [1.54, 1.807) is 23.0 Å². The Morgan fingerprint density at radius 1 is 1.48 bits per heavy atom. The normalized spacial score (nSPS) is 11.0. The van der Waals surface area contributed by atoms with Gasteiger partial charge in [-0.15, -0.1) is 11.3 Å². The van der Waals surface area contributed by atoms with Gasteiger partial charge in [0.2, 0.25) is 0 Å². The zero-order chi connectivity index (χ0) is 15.0. The van der Waals surface area contributed by atoms with Crippen LogP contribution in [0.25, 0.3) is 10.2 Å². The molecule has 21 heavy (non-hydrogen) atoms. The Morgan fingerprint density at radius 2 is 2.29 bits per heavy atom. The fourth-order valence-electron chi connectivity index (χ4n) is 2.13. The smallest absolute Gasteiger partial charge is 0.293 e. The van der Waals surface area contributed by atoms with Crippen molar-refractivity contribution in [3.05, 3.63) is 45.2 Å². The minimum absolute atomic E-state index is 0.0649. The van der Waals surface area contributed by atoms with Crippen LogP contribution in [0, 0.1) is 17.0 Å². The molecule has 0 aliphatic heterocycles. The van der Waals surface area contributed by atoms with Crippen molar-refractivity contribution in [2.24, 2.45) is 7.05 Å². The van der Waals surface area contributed by atoms with Crippen LogP contribution in [0.2, 0.25) is 0 Å². The highest BCUT2D eigenvalue weighted by molar-refractivity contribution is 7.18. The largest absolute Gasteiger partial charge is 0.375 e. The second kappa shape index (κ2) is 5.13. The van der Waals surface area contributed by atoms with Crippen LogP contribution in [0.3, 0.4) is 0 Å². The van der Waals surface area contributed by atoms with Crippen LogP contribution in [0.4, 0.5) is 11.4 Å². The number of benzene rings is 1. The lowest BCUT2D eigenvalue weighted by Gasteiger charge is -2.05. The van der Waals surface area contributed by atoms with E-state index in [0.29, 0.717) is 12.2 Å². The molecule has 2 heterocycles. The van der Waals surface area contributed by atoms with E-state index in [1.807, 2.05) is 20.2 Å². The summed E-state index contributed by atoms with van der Waals surface area (Å²) < 4.78 is 2.52. The number of nitro groups is 1. The van der Waals surface area contributed by atoms with E-state index < -0.39 is 0 Å². The number of aryl methyl sites for hydroxylation is 2. The molecule has 0 radical (unpaired) electrons. The Hall–Kier alpha value is -2.48. The van der Waals surface area contributed by atoms with Gasteiger partial charge in [-0.05, 0) is 13.0 Å². The van der Waals surface area contributed by atoms with E-state index in [2.05, 4.69) is 15.4 Å². The van der Waals surface area contributed by atoms with Gasteiger partial charge in [-0.3, -0.25) is 14.8 Å². The summed E-state index contributed by atoms with van der Waals surface area (Å²) in [5.41, 5.74) is 2.27. The molecule has 2 aromatic heterocycles. The molecule has 0 fully saturated rings. The second-order valence-electron chi connectivity index (χ2n) is 4.70. The molecule has 0 aliphatic carbocycles. The monoisotopic (exact) mass is 303 g/mol. The topological polar surface area (TPSA) is 85.9 Å². The Morgan fingerprint density at radius 3 is 2.95 bits per heavy atom. The van der Waals surface area contributed by atoms with Gasteiger partial charge in [-0.2, -0.15) is 5.10 Å². The first-order valence-corrected chi connectivity index (χ1v) is 7.11. The molecule has 0 aliphatic rings. The number of nitrogens with one attached hydrogen (secondary N) is 1. The summed E-state index contributed by atoms with van der Waals surface area (Å²) in [5, 5.41) is 19.3. The molecule has 3 aromatic rings. The Balaban J connectivity index is 1.95. The molecule has 0 saturated heterocycles. The van der Waals surface area contributed by atoms with Gasteiger partial charge in [-0.25, -0.2) is 4.98 Å². The first-order chi connectivity index (χ1) is 10.0. The molecule has 3 rings (SSSR count). The van der Waals surface area contributed by atoms with Crippen molar-refractivity contribution in [3.8, 4) is 0 Å². The predicted octanol–water partition coefficient (Wildman–Crippen LogP) is 2.86. The maximum atomic E-state index is 11.2. The number of rotatable bonds is 4. The fourth-order valence-corrected chi connectivity index (χ4v) is 2.97. The van der Waals surface area contributed by atoms with E-state index in [0.717, 1.165) is 20.8 Å². The van der Waals surface area contributed by atoms with Gasteiger partial charge in [0.25, 0.3) is 5.69 Å². The van der Waals surface area contributed by atoms with Crippen molar-refractivity contribution in [1.82, 2.24) is 14.8 Å². The maximum Gasteiger partial charge on any atom is 0.293 e. The SMILES string of the molecule is Cc1nc2cc(NCc3cnn(C)c3)c([N+](=O)[O-])cc2s1. The zero-order valence-electron chi connectivity index (χ0n) is 11.5. The molecule has 0 amide bonds. The number of hydrogen-bond donors (Lipinski definition) is 1. The van der Waals surface area contributed by atoms with Crippen LogP contribution >= 0.6 is 11.3 Å². The van der Waals surface area contributed by atoms with E-state index in [-0.39, 0.29) is 10.6 Å². The third kappa shape index (κ3) is 2.70. The highest BCUT2D eigenvalue weighted by Gasteiger charge is 2.17. The maximum absolute atomic E-state index is 11.2. The summed E-state index contributed by atoms with van der Waals surface area (Å²) in [4.78, 5) is 15.2. The molecular formula is C13H13N5O2S. The van der Waals surface area contributed by atoms with Gasteiger partial charge in [-0.1, -0.05) is 0 Å². The zero-order valence-corrected chi connectivity index (χ0v) is 12.3. The average Bonchev–Trinajstić information content (AvgIpc) is 2.99. The van der Waals surface area contributed by atoms with E-state index in [4.69, 9.17) is 0 Å². The molecule has 7 nitrogen and oxygen atoms in total. The minimum Gasteiger partial charge on any atom is -0.375 e. The lowest BCUT2D eigenvalue weighted by Crippen LogP contribution is -2.02. The summed E-state index contributed by atoms with van der Waals surface area (Å²) in [6.45, 7) is 2.36. The minimum atomic E-state index is -0.375. The molecule has 0 unspecified atom stereocenters. The van der Waals surface area contributed by atoms with Crippen LogP contribution in [-0.2, 0) is 13.6 Å². The summed E-state index contributed by atoms with van der Waals surface area (Å²) in [6.07, 6.45) is 3.59. The van der Waals surface area contributed by atoms with Gasteiger partial charge in [0.05, 0.1) is 26.3 Å². The molecule has 0 spiro atoms. The fraction of sp³-hybridized carbons (Fsp3) is 0.231. The summed E-state index contributed by atoms with van der Waals surface area (Å²) in [6, 6.07) is 3.30. The molecule has 108 valence electrons. The van der Waals surface area contributed by atoms with Crippen LogP contribution in [-0.4, -0.2) is 19.7 Å². The Kier molecular flexibility index (Phi) is 3.30. The highest BCUT2D eigenvalue weighted by atomic mass is 32.1. The van der Waals surface area contributed by atoms with Gasteiger partial charge < -0.3 is 5.32 Å². The van der Waals surface area contributed by atoms with Gasteiger partial charge in [0, 0.05) is 31.4 Å². The van der Waals surface area contributed by atoms with Crippen LogP contribution in [0.1, 0.15) is 10.6 Å². The van der Waals surface area contributed by atoms with Crippen molar-refractivity contribution in [2.75, 3.05) is 5.32 Å². The highest BCUT2D eigenvalue weighted by Crippen LogP contribution is 2.33. The number of fused-ring (bicyclic) bond motifs is 1. The quantitative estimate of drug-likeness (QED) is 0.591. The number of nitrogens with zero attached hydrogens (tertiary/aromatic N) is 4. The Bertz CT molecular complexity index is 823. The summed E-state index contributed by atoms with van der Waals surface area (Å²) in [7, 11) is 1.83. The molecule has 8 heteroatoms. The molecule has 0 atom stereocenters. The van der Waals surface area contributed by atoms with Crippen molar-refractivity contribution in [1.29, 1.82) is 0 Å². The van der Waals surface area contributed by atoms with Gasteiger partial charge in [0.1, 0.15) is 5.69 Å². The molecule has 0 bridgehead atoms. The van der Waals surface area contributed by atoms with Crippen molar-refractivity contribution < 1.29 is 4.92 Å². The molecule has 1 aromatic carbocycles.